The standard InChI is InChI=1S/C16H23N3O5/c1-17-15(21)19-13(14(20)23-2)9-6-10-18-16(22)24-11-12-7-4-3-5-8-12/h3-5,7-8,13H,6,9-11H2,1-2H3,(H,18,22)(H2,17,19,21). The fraction of sp³-hybridized carbons (Fsp3) is 0.438. The summed E-state index contributed by atoms with van der Waals surface area (Å²) in [5.74, 6) is -0.537. The van der Waals surface area contributed by atoms with E-state index in [1.165, 1.54) is 14.2 Å². The van der Waals surface area contributed by atoms with Crippen molar-refractivity contribution in [1.82, 2.24) is 16.0 Å². The van der Waals surface area contributed by atoms with E-state index < -0.39 is 24.1 Å². The van der Waals surface area contributed by atoms with Gasteiger partial charge in [0.2, 0.25) is 0 Å². The number of benzene rings is 1. The van der Waals surface area contributed by atoms with Gasteiger partial charge in [-0.25, -0.2) is 14.4 Å². The number of ether oxygens (including phenoxy) is 2. The first kappa shape index (κ1) is 19.3. The van der Waals surface area contributed by atoms with Crippen LogP contribution in [0.25, 0.3) is 0 Å². The van der Waals surface area contributed by atoms with Gasteiger partial charge < -0.3 is 25.4 Å². The Morgan fingerprint density at radius 1 is 1.17 bits per heavy atom. The predicted molar refractivity (Wildman–Crippen MR) is 87.3 cm³/mol. The molecule has 1 aromatic carbocycles. The van der Waals surface area contributed by atoms with Gasteiger partial charge in [-0.15, -0.1) is 0 Å². The first-order chi connectivity index (χ1) is 11.6. The molecule has 1 atom stereocenters. The Balaban J connectivity index is 2.25. The van der Waals surface area contributed by atoms with Crippen molar-refractivity contribution >= 4 is 18.1 Å². The van der Waals surface area contributed by atoms with Gasteiger partial charge >= 0.3 is 18.1 Å². The lowest BCUT2D eigenvalue weighted by Crippen LogP contribution is -2.45. The molecule has 0 aliphatic carbocycles. The molecule has 0 spiro atoms. The first-order valence-corrected chi connectivity index (χ1v) is 7.57. The van der Waals surface area contributed by atoms with Gasteiger partial charge in [0, 0.05) is 13.6 Å². The number of amides is 3. The van der Waals surface area contributed by atoms with Crippen LogP contribution in [0.3, 0.4) is 0 Å². The fourth-order valence-electron chi connectivity index (χ4n) is 1.89. The minimum absolute atomic E-state index is 0.190. The number of carbonyl (C=O) groups is 3. The average Bonchev–Trinajstić information content (AvgIpc) is 2.62. The van der Waals surface area contributed by atoms with Gasteiger partial charge in [-0.1, -0.05) is 30.3 Å². The van der Waals surface area contributed by atoms with E-state index in [1.807, 2.05) is 30.3 Å². The summed E-state index contributed by atoms with van der Waals surface area (Å²) < 4.78 is 9.69. The number of carbonyl (C=O) groups excluding carboxylic acids is 3. The third-order valence-electron chi connectivity index (χ3n) is 3.17. The molecule has 132 valence electrons. The summed E-state index contributed by atoms with van der Waals surface area (Å²) in [6.07, 6.45) is 0.274. The van der Waals surface area contributed by atoms with Gasteiger partial charge in [-0.05, 0) is 18.4 Å². The topological polar surface area (TPSA) is 106 Å². The van der Waals surface area contributed by atoms with Crippen molar-refractivity contribution in [3.05, 3.63) is 35.9 Å². The van der Waals surface area contributed by atoms with Crippen molar-refractivity contribution in [2.24, 2.45) is 0 Å². The molecule has 3 N–H and O–H groups in total. The van der Waals surface area contributed by atoms with Crippen LogP contribution in [0.4, 0.5) is 9.59 Å². The van der Waals surface area contributed by atoms with E-state index >= 15 is 0 Å². The van der Waals surface area contributed by atoms with Crippen LogP contribution in [0.1, 0.15) is 18.4 Å². The van der Waals surface area contributed by atoms with Crippen LogP contribution in [0.15, 0.2) is 30.3 Å². The van der Waals surface area contributed by atoms with E-state index in [1.54, 1.807) is 0 Å². The summed E-state index contributed by atoms with van der Waals surface area (Å²) >= 11 is 0. The fourth-order valence-corrected chi connectivity index (χ4v) is 1.89. The number of alkyl carbamates (subject to hydrolysis) is 1. The largest absolute Gasteiger partial charge is 0.467 e. The Bertz CT molecular complexity index is 536. The van der Waals surface area contributed by atoms with Gasteiger partial charge in [-0.2, -0.15) is 0 Å². The molecular weight excluding hydrogens is 314 g/mol. The number of hydrogen-bond donors (Lipinski definition) is 3. The summed E-state index contributed by atoms with van der Waals surface area (Å²) in [6.45, 7) is 0.506. The van der Waals surface area contributed by atoms with Crippen molar-refractivity contribution in [2.75, 3.05) is 20.7 Å². The molecule has 8 heteroatoms. The molecule has 0 radical (unpaired) electrons. The molecule has 0 fully saturated rings. The maximum absolute atomic E-state index is 11.6. The zero-order chi connectivity index (χ0) is 17.8. The van der Waals surface area contributed by atoms with E-state index in [9.17, 15) is 14.4 Å². The van der Waals surface area contributed by atoms with Crippen molar-refractivity contribution in [3.63, 3.8) is 0 Å². The number of nitrogens with one attached hydrogen (secondary N) is 3. The lowest BCUT2D eigenvalue weighted by molar-refractivity contribution is -0.143. The van der Waals surface area contributed by atoms with Crippen LogP contribution in [0.5, 0.6) is 0 Å². The second-order valence-corrected chi connectivity index (χ2v) is 4.93. The first-order valence-electron chi connectivity index (χ1n) is 7.57. The Labute approximate surface area is 140 Å². The smallest absolute Gasteiger partial charge is 0.407 e. The van der Waals surface area contributed by atoms with Crippen LogP contribution in [0.2, 0.25) is 0 Å². The molecule has 1 unspecified atom stereocenters. The zero-order valence-corrected chi connectivity index (χ0v) is 13.8. The Morgan fingerprint density at radius 2 is 1.88 bits per heavy atom. The minimum Gasteiger partial charge on any atom is -0.467 e. The van der Waals surface area contributed by atoms with E-state index in [-0.39, 0.29) is 6.61 Å². The Kier molecular flexibility index (Phi) is 8.73. The van der Waals surface area contributed by atoms with Crippen molar-refractivity contribution in [2.45, 2.75) is 25.5 Å². The lowest BCUT2D eigenvalue weighted by atomic mass is 10.1. The molecule has 0 heterocycles. The van der Waals surface area contributed by atoms with Gasteiger partial charge in [0.05, 0.1) is 7.11 Å². The molecule has 24 heavy (non-hydrogen) atoms. The van der Waals surface area contributed by atoms with Crippen LogP contribution in [-0.2, 0) is 20.9 Å². The van der Waals surface area contributed by atoms with Crippen molar-refractivity contribution < 1.29 is 23.9 Å². The minimum atomic E-state index is -0.767. The molecule has 0 bridgehead atoms. The predicted octanol–water partition coefficient (Wildman–Crippen LogP) is 1.16. The monoisotopic (exact) mass is 337 g/mol. The summed E-state index contributed by atoms with van der Waals surface area (Å²) in [7, 11) is 2.70. The van der Waals surface area contributed by atoms with Crippen LogP contribution in [0, 0.1) is 0 Å². The molecule has 1 rings (SSSR count). The highest BCUT2D eigenvalue weighted by Crippen LogP contribution is 2.01. The maximum atomic E-state index is 11.6. The number of hydrogen-bond acceptors (Lipinski definition) is 5. The molecule has 0 saturated carbocycles. The molecule has 0 saturated heterocycles. The highest BCUT2D eigenvalue weighted by Gasteiger charge is 2.20. The Morgan fingerprint density at radius 3 is 2.50 bits per heavy atom. The molecule has 0 aliphatic heterocycles. The van der Waals surface area contributed by atoms with Crippen LogP contribution in [-0.4, -0.2) is 44.8 Å². The van der Waals surface area contributed by atoms with Crippen LogP contribution < -0.4 is 16.0 Å². The van der Waals surface area contributed by atoms with E-state index in [0.717, 1.165) is 5.56 Å². The summed E-state index contributed by atoms with van der Waals surface area (Å²) in [5.41, 5.74) is 0.896. The molecule has 3 amide bonds. The van der Waals surface area contributed by atoms with Gasteiger partial charge in [-0.3, -0.25) is 0 Å². The highest BCUT2D eigenvalue weighted by molar-refractivity contribution is 5.83. The normalized spacial score (nSPS) is 11.1. The second kappa shape index (κ2) is 10.9. The van der Waals surface area contributed by atoms with Gasteiger partial charge in [0.15, 0.2) is 0 Å². The number of methoxy groups -OCH3 is 1. The highest BCUT2D eigenvalue weighted by atomic mass is 16.5. The summed E-state index contributed by atoms with van der Waals surface area (Å²) in [6, 6.07) is 8.09. The number of urea groups is 1. The zero-order valence-electron chi connectivity index (χ0n) is 13.8. The number of esters is 1. The summed E-state index contributed by atoms with van der Waals surface area (Å²) in [4.78, 5) is 34.4. The molecular formula is C16H23N3O5. The molecule has 0 aliphatic rings. The van der Waals surface area contributed by atoms with Crippen molar-refractivity contribution in [3.8, 4) is 0 Å². The van der Waals surface area contributed by atoms with Gasteiger partial charge in [0.25, 0.3) is 0 Å². The van der Waals surface area contributed by atoms with Crippen LogP contribution >= 0.6 is 0 Å². The molecule has 8 nitrogen and oxygen atoms in total. The van der Waals surface area contributed by atoms with E-state index in [0.29, 0.717) is 19.4 Å². The van der Waals surface area contributed by atoms with E-state index in [4.69, 9.17) is 4.74 Å². The lowest BCUT2D eigenvalue weighted by Gasteiger charge is -2.16. The maximum Gasteiger partial charge on any atom is 0.407 e. The third kappa shape index (κ3) is 7.48. The second-order valence-electron chi connectivity index (χ2n) is 4.93. The quantitative estimate of drug-likeness (QED) is 0.488. The third-order valence-corrected chi connectivity index (χ3v) is 3.17. The number of rotatable bonds is 8. The molecule has 0 aromatic heterocycles. The SMILES string of the molecule is CNC(=O)NC(CCCNC(=O)OCc1ccccc1)C(=O)OC. The Hall–Kier alpha value is -2.77. The van der Waals surface area contributed by atoms with Gasteiger partial charge in [0.1, 0.15) is 12.6 Å². The average molecular weight is 337 g/mol. The summed E-state index contributed by atoms with van der Waals surface area (Å²) in [5, 5.41) is 7.44. The van der Waals surface area contributed by atoms with Crippen molar-refractivity contribution in [1.29, 1.82) is 0 Å². The molecule has 1 aromatic rings. The van der Waals surface area contributed by atoms with E-state index in [2.05, 4.69) is 20.7 Å².